The smallest absolute Gasteiger partial charge is 0.431 e. The summed E-state index contributed by atoms with van der Waals surface area (Å²) in [4.78, 5) is 25.9. The molecule has 0 aromatic carbocycles. The number of hydrogen-bond acceptors (Lipinski definition) is 5. The minimum atomic E-state index is -0.919. The lowest BCUT2D eigenvalue weighted by Crippen LogP contribution is -2.33. The highest BCUT2D eigenvalue weighted by atomic mass is 16.7. The lowest BCUT2D eigenvalue weighted by Gasteiger charge is -2.19. The number of hydroxylamine groups is 1. The van der Waals surface area contributed by atoms with E-state index in [0.717, 1.165) is 0 Å². The average Bonchev–Trinajstić information content (AvgIpc) is 2.12. The van der Waals surface area contributed by atoms with Gasteiger partial charge in [0.25, 0.3) is 0 Å². The fourth-order valence-corrected chi connectivity index (χ4v) is 0.771. The van der Waals surface area contributed by atoms with Crippen LogP contribution >= 0.6 is 0 Å². The standard InChI is InChI=1S/C10H19NO6/c1-10(2,3)17-9(14)11-16-7-6-15-5-4-8(12)13/h4-7H2,1-3H3,(H,11,14)(H,12,13). The molecule has 0 aliphatic heterocycles. The summed E-state index contributed by atoms with van der Waals surface area (Å²) >= 11 is 0. The van der Waals surface area contributed by atoms with Crippen LogP contribution in [0.5, 0.6) is 0 Å². The van der Waals surface area contributed by atoms with Gasteiger partial charge in [0.15, 0.2) is 0 Å². The highest BCUT2D eigenvalue weighted by Crippen LogP contribution is 2.06. The molecule has 0 saturated carbocycles. The van der Waals surface area contributed by atoms with Crippen LogP contribution in [0.4, 0.5) is 4.79 Å². The zero-order valence-corrected chi connectivity index (χ0v) is 10.3. The van der Waals surface area contributed by atoms with E-state index in [2.05, 4.69) is 5.48 Å². The number of amides is 1. The monoisotopic (exact) mass is 249 g/mol. The fraction of sp³-hybridized carbons (Fsp3) is 0.800. The van der Waals surface area contributed by atoms with Crippen LogP contribution in [-0.2, 0) is 19.1 Å². The minimum absolute atomic E-state index is 0.0561. The quantitative estimate of drug-likeness (QED) is 0.515. The van der Waals surface area contributed by atoms with Crippen LogP contribution in [-0.4, -0.2) is 42.6 Å². The molecular weight excluding hydrogens is 230 g/mol. The molecule has 0 heterocycles. The lowest BCUT2D eigenvalue weighted by atomic mass is 10.2. The van der Waals surface area contributed by atoms with Gasteiger partial charge >= 0.3 is 12.1 Å². The van der Waals surface area contributed by atoms with Crippen LogP contribution in [0.1, 0.15) is 27.2 Å². The molecule has 0 aromatic rings. The number of aliphatic carboxylic acids is 1. The SMILES string of the molecule is CC(C)(C)OC(=O)NOCCOCCC(=O)O. The Hall–Kier alpha value is -1.34. The molecule has 0 unspecified atom stereocenters. The summed E-state index contributed by atoms with van der Waals surface area (Å²) in [7, 11) is 0. The average molecular weight is 249 g/mol. The highest BCUT2D eigenvalue weighted by Gasteiger charge is 2.15. The van der Waals surface area contributed by atoms with Crippen molar-refractivity contribution in [1.29, 1.82) is 0 Å². The molecular formula is C10H19NO6. The van der Waals surface area contributed by atoms with Gasteiger partial charge in [-0.05, 0) is 20.8 Å². The second-order valence-corrected chi connectivity index (χ2v) is 4.21. The predicted molar refractivity (Wildman–Crippen MR) is 58.4 cm³/mol. The molecule has 7 heteroatoms. The molecule has 1 amide bonds. The first kappa shape index (κ1) is 15.7. The predicted octanol–water partition coefficient (Wildman–Crippen LogP) is 0.934. The summed E-state index contributed by atoms with van der Waals surface area (Å²) < 4.78 is 9.83. The Bertz CT molecular complexity index is 248. The van der Waals surface area contributed by atoms with Crippen LogP contribution in [0.3, 0.4) is 0 Å². The van der Waals surface area contributed by atoms with E-state index in [1.165, 1.54) is 0 Å². The Morgan fingerprint density at radius 1 is 1.18 bits per heavy atom. The molecule has 0 aliphatic rings. The molecule has 100 valence electrons. The summed E-state index contributed by atoms with van der Waals surface area (Å²) in [6.45, 7) is 5.65. The van der Waals surface area contributed by atoms with Crippen LogP contribution < -0.4 is 5.48 Å². The van der Waals surface area contributed by atoms with Gasteiger partial charge in [-0.1, -0.05) is 0 Å². The van der Waals surface area contributed by atoms with Gasteiger partial charge in [0.1, 0.15) is 5.60 Å². The zero-order valence-electron chi connectivity index (χ0n) is 10.3. The van der Waals surface area contributed by atoms with Crippen molar-refractivity contribution in [2.45, 2.75) is 32.8 Å². The maximum atomic E-state index is 11.1. The number of carboxylic acids is 1. The van der Waals surface area contributed by atoms with Crippen molar-refractivity contribution in [1.82, 2.24) is 5.48 Å². The van der Waals surface area contributed by atoms with Gasteiger partial charge in [0.2, 0.25) is 0 Å². The maximum absolute atomic E-state index is 11.1. The minimum Gasteiger partial charge on any atom is -0.481 e. The van der Waals surface area contributed by atoms with Gasteiger partial charge in [-0.2, -0.15) is 5.48 Å². The molecule has 0 spiro atoms. The third-order valence-electron chi connectivity index (χ3n) is 1.34. The Morgan fingerprint density at radius 2 is 1.82 bits per heavy atom. The number of carboxylic acid groups (broad SMARTS) is 1. The third kappa shape index (κ3) is 12.6. The molecule has 17 heavy (non-hydrogen) atoms. The van der Waals surface area contributed by atoms with Gasteiger partial charge in [0, 0.05) is 0 Å². The van der Waals surface area contributed by atoms with Gasteiger partial charge in [0.05, 0.1) is 26.2 Å². The molecule has 2 N–H and O–H groups in total. The molecule has 0 fully saturated rings. The summed E-state index contributed by atoms with van der Waals surface area (Å²) in [6.07, 6.45) is -0.734. The summed E-state index contributed by atoms with van der Waals surface area (Å²) in [5.41, 5.74) is 1.50. The normalized spacial score (nSPS) is 11.0. The van der Waals surface area contributed by atoms with Crippen molar-refractivity contribution in [3.8, 4) is 0 Å². The van der Waals surface area contributed by atoms with E-state index in [0.29, 0.717) is 0 Å². The van der Waals surface area contributed by atoms with E-state index in [-0.39, 0.29) is 26.2 Å². The van der Waals surface area contributed by atoms with Crippen LogP contribution in [0.2, 0.25) is 0 Å². The van der Waals surface area contributed by atoms with E-state index >= 15 is 0 Å². The van der Waals surface area contributed by atoms with E-state index in [4.69, 9.17) is 19.4 Å². The van der Waals surface area contributed by atoms with Crippen molar-refractivity contribution in [2.75, 3.05) is 19.8 Å². The third-order valence-corrected chi connectivity index (χ3v) is 1.34. The highest BCUT2D eigenvalue weighted by molar-refractivity contribution is 5.66. The first-order chi connectivity index (χ1) is 7.81. The largest absolute Gasteiger partial charge is 0.481 e. The van der Waals surface area contributed by atoms with Crippen molar-refractivity contribution in [3.05, 3.63) is 0 Å². The molecule has 0 saturated heterocycles. The summed E-state index contributed by atoms with van der Waals surface area (Å²) in [5.74, 6) is -0.919. The van der Waals surface area contributed by atoms with Crippen molar-refractivity contribution in [2.24, 2.45) is 0 Å². The second kappa shape index (κ2) is 7.86. The first-order valence-electron chi connectivity index (χ1n) is 5.21. The van der Waals surface area contributed by atoms with E-state index in [9.17, 15) is 9.59 Å². The Balaban J connectivity index is 3.34. The zero-order chi connectivity index (χ0) is 13.3. The van der Waals surface area contributed by atoms with Crippen LogP contribution in [0.15, 0.2) is 0 Å². The van der Waals surface area contributed by atoms with Crippen molar-refractivity contribution >= 4 is 12.1 Å². The topological polar surface area (TPSA) is 94.1 Å². The van der Waals surface area contributed by atoms with Crippen LogP contribution in [0.25, 0.3) is 0 Å². The number of hydrogen-bond donors (Lipinski definition) is 2. The molecule has 7 nitrogen and oxygen atoms in total. The molecule has 0 aromatic heterocycles. The van der Waals surface area contributed by atoms with Gasteiger partial charge in [-0.3, -0.25) is 9.63 Å². The molecule has 0 radical (unpaired) electrons. The van der Waals surface area contributed by atoms with Gasteiger partial charge in [-0.15, -0.1) is 0 Å². The maximum Gasteiger partial charge on any atom is 0.431 e. The number of ether oxygens (including phenoxy) is 2. The number of rotatable bonds is 7. The molecule has 0 aliphatic carbocycles. The Labute approximate surface area is 100.0 Å². The van der Waals surface area contributed by atoms with Gasteiger partial charge in [-0.25, -0.2) is 4.79 Å². The van der Waals surface area contributed by atoms with Crippen molar-refractivity contribution in [3.63, 3.8) is 0 Å². The fourth-order valence-electron chi connectivity index (χ4n) is 0.771. The molecule has 0 atom stereocenters. The van der Waals surface area contributed by atoms with E-state index in [1.54, 1.807) is 20.8 Å². The van der Waals surface area contributed by atoms with Gasteiger partial charge < -0.3 is 14.6 Å². The number of nitrogens with one attached hydrogen (secondary N) is 1. The molecule has 0 bridgehead atoms. The summed E-state index contributed by atoms with van der Waals surface area (Å²) in [5, 5.41) is 8.31. The van der Waals surface area contributed by atoms with E-state index < -0.39 is 17.7 Å². The second-order valence-electron chi connectivity index (χ2n) is 4.21. The molecule has 0 rings (SSSR count). The van der Waals surface area contributed by atoms with Crippen molar-refractivity contribution < 1.29 is 29.0 Å². The number of carbonyl (C=O) groups excluding carboxylic acids is 1. The Morgan fingerprint density at radius 3 is 2.35 bits per heavy atom. The Kier molecular flexibility index (Phi) is 7.24. The lowest BCUT2D eigenvalue weighted by molar-refractivity contribution is -0.138. The van der Waals surface area contributed by atoms with E-state index in [1.807, 2.05) is 0 Å². The summed E-state index contributed by atoms with van der Waals surface area (Å²) in [6, 6.07) is 0. The first-order valence-corrected chi connectivity index (χ1v) is 5.21. The number of carbonyl (C=O) groups is 2. The van der Waals surface area contributed by atoms with Crippen LogP contribution in [0, 0.1) is 0 Å².